The Hall–Kier alpha value is -2.77. The van der Waals surface area contributed by atoms with E-state index in [2.05, 4.69) is 25.1 Å². The molecule has 0 radical (unpaired) electrons. The van der Waals surface area contributed by atoms with Crippen LogP contribution in [0.25, 0.3) is 6.08 Å². The molecule has 1 saturated heterocycles. The molecule has 114 valence electrons. The Bertz CT molecular complexity index is 650. The number of nitrogens with zero attached hydrogens (tertiary/aromatic N) is 5. The summed E-state index contributed by atoms with van der Waals surface area (Å²) in [5.74, 6) is 1.25. The number of nitrogen functional groups attached to an aromatic ring is 1. The SMILES string of the molecule is Nc1ncc(/C=C/C(=O)N2CCCC(c3ncn[nH]3)C2)cn1. The summed E-state index contributed by atoms with van der Waals surface area (Å²) in [4.78, 5) is 26.1. The normalized spacial score (nSPS) is 18.7. The molecule has 1 atom stereocenters. The van der Waals surface area contributed by atoms with Crippen molar-refractivity contribution in [2.75, 3.05) is 18.8 Å². The van der Waals surface area contributed by atoms with Crippen LogP contribution in [0.5, 0.6) is 0 Å². The summed E-state index contributed by atoms with van der Waals surface area (Å²) in [6.45, 7) is 1.41. The number of nitrogens with one attached hydrogen (secondary N) is 1. The standard InChI is InChI=1S/C14H17N7O/c15-14-16-6-10(7-17-14)3-4-12(22)21-5-1-2-11(8-21)13-18-9-19-20-13/h3-4,6-7,9,11H,1-2,5,8H2,(H2,15,16,17)(H,18,19,20)/b4-3+. The van der Waals surface area contributed by atoms with Crippen molar-refractivity contribution in [3.8, 4) is 0 Å². The number of nitrogens with two attached hydrogens (primary N) is 1. The molecule has 1 aliphatic rings. The van der Waals surface area contributed by atoms with Crippen LogP contribution in [0.3, 0.4) is 0 Å². The maximum atomic E-state index is 12.3. The fourth-order valence-corrected chi connectivity index (χ4v) is 2.52. The molecule has 3 heterocycles. The van der Waals surface area contributed by atoms with Gasteiger partial charge in [0.25, 0.3) is 0 Å². The van der Waals surface area contributed by atoms with Crippen molar-refractivity contribution < 1.29 is 4.79 Å². The molecule has 1 amide bonds. The van der Waals surface area contributed by atoms with Crippen LogP contribution in [0, 0.1) is 0 Å². The molecule has 2 aromatic rings. The molecule has 0 bridgehead atoms. The molecule has 0 saturated carbocycles. The van der Waals surface area contributed by atoms with Crippen LogP contribution in [0.2, 0.25) is 0 Å². The van der Waals surface area contributed by atoms with E-state index < -0.39 is 0 Å². The van der Waals surface area contributed by atoms with Gasteiger partial charge in [0, 0.05) is 43.0 Å². The van der Waals surface area contributed by atoms with Crippen LogP contribution in [-0.2, 0) is 4.79 Å². The first kappa shape index (κ1) is 14.2. The molecule has 3 N–H and O–H groups in total. The Kier molecular flexibility index (Phi) is 4.08. The Morgan fingerprint density at radius 1 is 1.36 bits per heavy atom. The van der Waals surface area contributed by atoms with Crippen molar-refractivity contribution in [2.24, 2.45) is 0 Å². The highest BCUT2D eigenvalue weighted by Gasteiger charge is 2.25. The second kappa shape index (κ2) is 6.33. The van der Waals surface area contributed by atoms with E-state index in [4.69, 9.17) is 5.73 Å². The molecule has 3 rings (SSSR count). The van der Waals surface area contributed by atoms with Gasteiger partial charge in [-0.15, -0.1) is 0 Å². The molecule has 8 heteroatoms. The number of aromatic amines is 1. The number of likely N-dealkylation sites (tertiary alicyclic amines) is 1. The highest BCUT2D eigenvalue weighted by molar-refractivity contribution is 5.91. The van der Waals surface area contributed by atoms with E-state index in [0.717, 1.165) is 30.8 Å². The minimum absolute atomic E-state index is 0.0268. The zero-order chi connectivity index (χ0) is 15.4. The fraction of sp³-hybridized carbons (Fsp3) is 0.357. The quantitative estimate of drug-likeness (QED) is 0.802. The van der Waals surface area contributed by atoms with E-state index in [1.54, 1.807) is 18.5 Å². The van der Waals surface area contributed by atoms with Crippen molar-refractivity contribution in [1.29, 1.82) is 0 Å². The number of amides is 1. The van der Waals surface area contributed by atoms with Crippen LogP contribution in [-0.4, -0.2) is 49.0 Å². The molecule has 0 aromatic carbocycles. The average molecular weight is 299 g/mol. The maximum Gasteiger partial charge on any atom is 0.246 e. The third-order valence-electron chi connectivity index (χ3n) is 3.66. The molecular weight excluding hydrogens is 282 g/mol. The van der Waals surface area contributed by atoms with Gasteiger partial charge in [0.2, 0.25) is 11.9 Å². The number of carbonyl (C=O) groups is 1. The Morgan fingerprint density at radius 2 is 2.18 bits per heavy atom. The van der Waals surface area contributed by atoms with Gasteiger partial charge in [-0.05, 0) is 18.9 Å². The Balaban J connectivity index is 1.63. The number of aromatic nitrogens is 5. The molecule has 8 nitrogen and oxygen atoms in total. The van der Waals surface area contributed by atoms with Crippen molar-refractivity contribution in [2.45, 2.75) is 18.8 Å². The van der Waals surface area contributed by atoms with E-state index in [0.29, 0.717) is 6.54 Å². The van der Waals surface area contributed by atoms with Gasteiger partial charge < -0.3 is 10.6 Å². The number of rotatable bonds is 3. The number of anilines is 1. The van der Waals surface area contributed by atoms with Crippen LogP contribution < -0.4 is 5.73 Å². The van der Waals surface area contributed by atoms with Crippen molar-refractivity contribution in [1.82, 2.24) is 30.0 Å². The molecule has 0 spiro atoms. The average Bonchev–Trinajstić information content (AvgIpc) is 3.09. The topological polar surface area (TPSA) is 114 Å². The summed E-state index contributed by atoms with van der Waals surface area (Å²) >= 11 is 0. The Labute approximate surface area is 127 Å². The maximum absolute atomic E-state index is 12.3. The van der Waals surface area contributed by atoms with E-state index in [-0.39, 0.29) is 17.8 Å². The van der Waals surface area contributed by atoms with E-state index in [1.165, 1.54) is 12.4 Å². The smallest absolute Gasteiger partial charge is 0.246 e. The van der Waals surface area contributed by atoms with Crippen molar-refractivity contribution in [3.05, 3.63) is 36.2 Å². The first-order chi connectivity index (χ1) is 10.7. The molecule has 2 aromatic heterocycles. The number of hydrogen-bond acceptors (Lipinski definition) is 6. The summed E-state index contributed by atoms with van der Waals surface area (Å²) in [6, 6.07) is 0. The van der Waals surface area contributed by atoms with Gasteiger partial charge in [-0.25, -0.2) is 15.0 Å². The molecule has 22 heavy (non-hydrogen) atoms. The minimum Gasteiger partial charge on any atom is -0.368 e. The first-order valence-corrected chi connectivity index (χ1v) is 7.12. The zero-order valence-corrected chi connectivity index (χ0v) is 12.0. The number of carbonyl (C=O) groups excluding carboxylic acids is 1. The van der Waals surface area contributed by atoms with Gasteiger partial charge >= 0.3 is 0 Å². The lowest BCUT2D eigenvalue weighted by Crippen LogP contribution is -2.38. The lowest BCUT2D eigenvalue weighted by molar-refractivity contribution is -0.127. The highest BCUT2D eigenvalue weighted by Crippen LogP contribution is 2.24. The van der Waals surface area contributed by atoms with Gasteiger partial charge in [-0.3, -0.25) is 9.89 Å². The predicted molar refractivity (Wildman–Crippen MR) is 80.4 cm³/mol. The van der Waals surface area contributed by atoms with Gasteiger partial charge in [0.15, 0.2) is 0 Å². The zero-order valence-electron chi connectivity index (χ0n) is 12.0. The molecule has 1 fully saturated rings. The third kappa shape index (κ3) is 3.27. The minimum atomic E-state index is -0.0268. The summed E-state index contributed by atoms with van der Waals surface area (Å²) in [7, 11) is 0. The monoisotopic (exact) mass is 299 g/mol. The van der Waals surface area contributed by atoms with Gasteiger partial charge in [-0.1, -0.05) is 0 Å². The van der Waals surface area contributed by atoms with Crippen molar-refractivity contribution >= 4 is 17.9 Å². The van der Waals surface area contributed by atoms with Crippen LogP contribution in [0.1, 0.15) is 30.1 Å². The first-order valence-electron chi connectivity index (χ1n) is 7.12. The number of piperidine rings is 1. The summed E-state index contributed by atoms with van der Waals surface area (Å²) in [5.41, 5.74) is 6.17. The highest BCUT2D eigenvalue weighted by atomic mass is 16.2. The number of H-pyrrole nitrogens is 1. The van der Waals surface area contributed by atoms with Gasteiger partial charge in [-0.2, -0.15) is 5.10 Å². The van der Waals surface area contributed by atoms with E-state index in [1.807, 2.05) is 4.90 Å². The fourth-order valence-electron chi connectivity index (χ4n) is 2.52. The molecule has 1 aliphatic heterocycles. The molecule has 0 aliphatic carbocycles. The van der Waals surface area contributed by atoms with E-state index >= 15 is 0 Å². The Morgan fingerprint density at radius 3 is 2.91 bits per heavy atom. The van der Waals surface area contributed by atoms with Crippen molar-refractivity contribution in [3.63, 3.8) is 0 Å². The van der Waals surface area contributed by atoms with Crippen LogP contribution >= 0.6 is 0 Å². The predicted octanol–water partition coefficient (Wildman–Crippen LogP) is 0.596. The van der Waals surface area contributed by atoms with Crippen LogP contribution in [0.15, 0.2) is 24.8 Å². The van der Waals surface area contributed by atoms with Gasteiger partial charge in [0.1, 0.15) is 12.2 Å². The lowest BCUT2D eigenvalue weighted by atomic mass is 9.97. The van der Waals surface area contributed by atoms with Gasteiger partial charge in [0.05, 0.1) is 0 Å². The lowest BCUT2D eigenvalue weighted by Gasteiger charge is -2.30. The summed E-state index contributed by atoms with van der Waals surface area (Å²) < 4.78 is 0. The third-order valence-corrected chi connectivity index (χ3v) is 3.66. The second-order valence-corrected chi connectivity index (χ2v) is 5.20. The second-order valence-electron chi connectivity index (χ2n) is 5.20. The summed E-state index contributed by atoms with van der Waals surface area (Å²) in [6.07, 6.45) is 9.86. The van der Waals surface area contributed by atoms with Crippen LogP contribution in [0.4, 0.5) is 5.95 Å². The molecule has 1 unspecified atom stereocenters. The van der Waals surface area contributed by atoms with E-state index in [9.17, 15) is 4.79 Å². The largest absolute Gasteiger partial charge is 0.368 e. The molecular formula is C14H17N7O. The summed E-state index contributed by atoms with van der Waals surface area (Å²) in [5, 5.41) is 6.76. The number of hydrogen-bond donors (Lipinski definition) is 2.